The van der Waals surface area contributed by atoms with Gasteiger partial charge in [0.25, 0.3) is 0 Å². The molecule has 1 heterocycles. The van der Waals surface area contributed by atoms with Crippen molar-refractivity contribution in [2.45, 2.75) is 50.6 Å². The lowest BCUT2D eigenvalue weighted by atomic mass is 10.2. The summed E-state index contributed by atoms with van der Waals surface area (Å²) in [5, 5.41) is 3.34. The van der Waals surface area contributed by atoms with Gasteiger partial charge in [-0.3, -0.25) is 4.90 Å². The van der Waals surface area contributed by atoms with E-state index in [4.69, 9.17) is 11.6 Å². The first-order valence-corrected chi connectivity index (χ1v) is 7.95. The Labute approximate surface area is 112 Å². The third-order valence-corrected chi connectivity index (χ3v) is 5.08. The Morgan fingerprint density at radius 1 is 1.47 bits per heavy atom. The van der Waals surface area contributed by atoms with Crippen LogP contribution < -0.4 is 0 Å². The minimum atomic E-state index is 0.477. The third kappa shape index (κ3) is 2.83. The number of alkyl halides is 1. The maximum atomic E-state index is 5.82. The van der Waals surface area contributed by atoms with Gasteiger partial charge in [0.05, 0.1) is 17.6 Å². The second-order valence-electron chi connectivity index (χ2n) is 5.36. The van der Waals surface area contributed by atoms with Crippen molar-refractivity contribution in [3.63, 3.8) is 0 Å². The fourth-order valence-electron chi connectivity index (χ4n) is 2.35. The average molecular weight is 271 g/mol. The van der Waals surface area contributed by atoms with E-state index in [1.54, 1.807) is 11.3 Å². The summed E-state index contributed by atoms with van der Waals surface area (Å²) in [5.41, 5.74) is 1.03. The van der Waals surface area contributed by atoms with Gasteiger partial charge in [0.15, 0.2) is 0 Å². The van der Waals surface area contributed by atoms with E-state index in [0.717, 1.165) is 17.7 Å². The van der Waals surface area contributed by atoms with E-state index in [2.05, 4.69) is 22.2 Å². The van der Waals surface area contributed by atoms with Crippen molar-refractivity contribution in [3.05, 3.63) is 16.1 Å². The van der Waals surface area contributed by atoms with Crippen molar-refractivity contribution in [2.24, 2.45) is 5.92 Å². The molecule has 17 heavy (non-hydrogen) atoms. The van der Waals surface area contributed by atoms with Crippen molar-refractivity contribution < 1.29 is 0 Å². The van der Waals surface area contributed by atoms with Crippen LogP contribution in [0.15, 0.2) is 5.38 Å². The van der Waals surface area contributed by atoms with Crippen LogP contribution in [0.1, 0.15) is 49.4 Å². The van der Waals surface area contributed by atoms with E-state index in [0.29, 0.717) is 11.9 Å². The number of aromatic nitrogens is 1. The predicted octanol–water partition coefficient (Wildman–Crippen LogP) is 3.82. The van der Waals surface area contributed by atoms with Gasteiger partial charge in [0.1, 0.15) is 5.01 Å². The molecular weight excluding hydrogens is 252 g/mol. The summed E-state index contributed by atoms with van der Waals surface area (Å²) in [4.78, 5) is 7.31. The zero-order chi connectivity index (χ0) is 11.8. The first kappa shape index (κ1) is 11.9. The van der Waals surface area contributed by atoms with Crippen molar-refractivity contribution >= 4 is 22.9 Å². The monoisotopic (exact) mass is 270 g/mol. The second kappa shape index (κ2) is 4.87. The maximum Gasteiger partial charge on any atom is 0.110 e. The highest BCUT2D eigenvalue weighted by molar-refractivity contribution is 7.09. The van der Waals surface area contributed by atoms with E-state index in [1.807, 2.05) is 0 Å². The molecule has 2 nitrogen and oxygen atoms in total. The Bertz CT molecular complexity index is 385. The molecule has 0 spiro atoms. The van der Waals surface area contributed by atoms with Gasteiger partial charge in [-0.1, -0.05) is 0 Å². The first-order valence-electron chi connectivity index (χ1n) is 6.54. The largest absolute Gasteiger partial charge is 0.291 e. The number of thiazole rings is 1. The molecule has 2 aliphatic carbocycles. The molecule has 3 rings (SSSR count). The van der Waals surface area contributed by atoms with Crippen molar-refractivity contribution in [1.29, 1.82) is 0 Å². The molecule has 1 aromatic rings. The number of rotatable bonds is 6. The quantitative estimate of drug-likeness (QED) is 0.731. The normalized spacial score (nSPS) is 22.1. The van der Waals surface area contributed by atoms with Gasteiger partial charge in [0, 0.05) is 18.0 Å². The molecule has 0 aromatic carbocycles. The smallest absolute Gasteiger partial charge is 0.110 e. The topological polar surface area (TPSA) is 16.1 Å². The van der Waals surface area contributed by atoms with E-state index < -0.39 is 0 Å². The second-order valence-corrected chi connectivity index (χ2v) is 6.51. The molecule has 1 aromatic heterocycles. The van der Waals surface area contributed by atoms with Crippen LogP contribution in [-0.4, -0.2) is 22.5 Å². The highest BCUT2D eigenvalue weighted by atomic mass is 35.5. The minimum Gasteiger partial charge on any atom is -0.291 e. The van der Waals surface area contributed by atoms with Crippen LogP contribution in [0.3, 0.4) is 0 Å². The van der Waals surface area contributed by atoms with Gasteiger partial charge in [-0.15, -0.1) is 22.9 Å². The molecule has 94 valence electrons. The van der Waals surface area contributed by atoms with Crippen LogP contribution in [0.5, 0.6) is 0 Å². The molecule has 1 unspecified atom stereocenters. The molecule has 2 fully saturated rings. The van der Waals surface area contributed by atoms with Gasteiger partial charge in [-0.25, -0.2) is 4.98 Å². The predicted molar refractivity (Wildman–Crippen MR) is 72.5 cm³/mol. The Hall–Kier alpha value is -0.120. The zero-order valence-electron chi connectivity index (χ0n) is 10.2. The van der Waals surface area contributed by atoms with Crippen LogP contribution >= 0.6 is 22.9 Å². The number of hydrogen-bond acceptors (Lipinski definition) is 3. The van der Waals surface area contributed by atoms with E-state index in [9.17, 15) is 0 Å². The summed E-state index contributed by atoms with van der Waals surface area (Å²) in [6, 6.07) is 1.30. The van der Waals surface area contributed by atoms with Gasteiger partial charge < -0.3 is 0 Å². The molecule has 0 amide bonds. The molecule has 0 N–H and O–H groups in total. The van der Waals surface area contributed by atoms with Crippen molar-refractivity contribution in [1.82, 2.24) is 9.88 Å². The van der Waals surface area contributed by atoms with Crippen molar-refractivity contribution in [2.75, 3.05) is 6.54 Å². The maximum absolute atomic E-state index is 5.82. The zero-order valence-corrected chi connectivity index (χ0v) is 11.8. The van der Waals surface area contributed by atoms with E-state index in [1.165, 1.54) is 37.2 Å². The van der Waals surface area contributed by atoms with Gasteiger partial charge in [0.2, 0.25) is 0 Å². The molecule has 2 saturated carbocycles. The summed E-state index contributed by atoms with van der Waals surface area (Å²) in [6.07, 6.45) is 5.62. The molecular formula is C13H19ClN2S. The van der Waals surface area contributed by atoms with E-state index in [-0.39, 0.29) is 0 Å². The number of halogens is 1. The summed E-state index contributed by atoms with van der Waals surface area (Å²) in [5.74, 6) is 1.50. The molecule has 0 saturated heterocycles. The fourth-order valence-corrected chi connectivity index (χ4v) is 3.47. The average Bonchev–Trinajstić information content (AvgIpc) is 3.24. The number of hydrogen-bond donors (Lipinski definition) is 0. The van der Waals surface area contributed by atoms with Crippen LogP contribution in [0.2, 0.25) is 0 Å². The molecule has 2 aliphatic rings. The first-order chi connectivity index (χ1) is 8.28. The Kier molecular flexibility index (Phi) is 3.42. The lowest BCUT2D eigenvalue weighted by Crippen LogP contribution is -2.31. The van der Waals surface area contributed by atoms with Gasteiger partial charge >= 0.3 is 0 Å². The van der Waals surface area contributed by atoms with Crippen LogP contribution in [0, 0.1) is 5.92 Å². The molecule has 1 atom stereocenters. The standard InChI is InChI=1S/C13H19ClN2S/c1-9(13-15-11(6-14)8-17-13)16(12-4-5-12)7-10-2-3-10/h8-10,12H,2-7H2,1H3. The Morgan fingerprint density at radius 2 is 2.24 bits per heavy atom. The van der Waals surface area contributed by atoms with Crippen LogP contribution in [0.25, 0.3) is 0 Å². The highest BCUT2D eigenvalue weighted by Crippen LogP contribution is 2.39. The molecule has 0 radical (unpaired) electrons. The summed E-state index contributed by atoms with van der Waals surface area (Å²) in [6.45, 7) is 3.58. The van der Waals surface area contributed by atoms with Crippen molar-refractivity contribution in [3.8, 4) is 0 Å². The van der Waals surface area contributed by atoms with E-state index >= 15 is 0 Å². The Morgan fingerprint density at radius 3 is 2.76 bits per heavy atom. The SMILES string of the molecule is CC(c1nc(CCl)cs1)N(CC1CC1)C1CC1. The van der Waals surface area contributed by atoms with Crippen LogP contribution in [-0.2, 0) is 5.88 Å². The summed E-state index contributed by atoms with van der Waals surface area (Å²) in [7, 11) is 0. The molecule has 4 heteroatoms. The Balaban J connectivity index is 1.70. The third-order valence-electron chi connectivity index (χ3n) is 3.74. The minimum absolute atomic E-state index is 0.477. The van der Waals surface area contributed by atoms with Gasteiger partial charge in [-0.05, 0) is 38.5 Å². The van der Waals surface area contributed by atoms with Crippen LogP contribution in [0.4, 0.5) is 0 Å². The highest BCUT2D eigenvalue weighted by Gasteiger charge is 2.37. The lowest BCUT2D eigenvalue weighted by molar-refractivity contribution is 0.191. The lowest BCUT2D eigenvalue weighted by Gasteiger charge is -2.27. The summed E-state index contributed by atoms with van der Waals surface area (Å²) < 4.78 is 0. The van der Waals surface area contributed by atoms with Gasteiger partial charge in [-0.2, -0.15) is 0 Å². The summed E-state index contributed by atoms with van der Waals surface area (Å²) >= 11 is 7.59. The fraction of sp³-hybridized carbons (Fsp3) is 0.769. The number of nitrogens with zero attached hydrogens (tertiary/aromatic N) is 2. The molecule has 0 bridgehead atoms. The molecule has 0 aliphatic heterocycles.